The molecule has 1 saturated heterocycles. The van der Waals surface area contributed by atoms with Crippen molar-refractivity contribution >= 4 is 6.09 Å². The van der Waals surface area contributed by atoms with E-state index in [4.69, 9.17) is 28.8 Å². The molecule has 1 unspecified atom stereocenters. The lowest BCUT2D eigenvalue weighted by Crippen LogP contribution is -2.28. The summed E-state index contributed by atoms with van der Waals surface area (Å²) in [5.41, 5.74) is 0. The molecule has 0 aromatic heterocycles. The number of aliphatic hydroxyl groups excluding tert-OH is 1. The van der Waals surface area contributed by atoms with Gasteiger partial charge in [-0.15, -0.1) is 0 Å². The molecular formula is C16H29NO7. The molecule has 1 rings (SSSR count). The summed E-state index contributed by atoms with van der Waals surface area (Å²) in [6.45, 7) is 3.29. The van der Waals surface area contributed by atoms with Gasteiger partial charge < -0.3 is 34.1 Å². The average molecular weight is 347 g/mol. The molecular weight excluding hydrogens is 318 g/mol. The fourth-order valence-electron chi connectivity index (χ4n) is 1.93. The zero-order valence-corrected chi connectivity index (χ0v) is 14.1. The molecule has 1 fully saturated rings. The summed E-state index contributed by atoms with van der Waals surface area (Å²) in [7, 11) is 0. The summed E-state index contributed by atoms with van der Waals surface area (Å²) in [4.78, 5) is 11.4. The van der Waals surface area contributed by atoms with Crippen molar-refractivity contribution in [3.05, 3.63) is 12.2 Å². The van der Waals surface area contributed by atoms with E-state index in [1.807, 2.05) is 0 Å². The predicted octanol–water partition coefficient (Wildman–Crippen LogP) is 0.837. The quantitative estimate of drug-likeness (QED) is 0.376. The lowest BCUT2D eigenvalue weighted by molar-refractivity contribution is -0.155. The Hall–Kier alpha value is -1.19. The van der Waals surface area contributed by atoms with Crippen LogP contribution in [-0.4, -0.2) is 76.9 Å². The molecule has 2 N–H and O–H groups in total. The van der Waals surface area contributed by atoms with Crippen molar-refractivity contribution in [1.82, 2.24) is 5.32 Å². The minimum absolute atomic E-state index is 0.00231. The first-order valence-corrected chi connectivity index (χ1v) is 8.38. The van der Waals surface area contributed by atoms with Crippen molar-refractivity contribution in [2.75, 3.05) is 59.4 Å². The number of alkyl carbamates (subject to hydrolysis) is 1. The Kier molecular flexibility index (Phi) is 13.3. The molecule has 0 saturated carbocycles. The van der Waals surface area contributed by atoms with Crippen molar-refractivity contribution in [2.45, 2.75) is 25.6 Å². The van der Waals surface area contributed by atoms with E-state index in [2.05, 4.69) is 5.32 Å². The summed E-state index contributed by atoms with van der Waals surface area (Å²) >= 11 is 0. The molecule has 0 aromatic carbocycles. The summed E-state index contributed by atoms with van der Waals surface area (Å²) in [6.07, 6.45) is 6.11. The Morgan fingerprint density at radius 3 is 2.67 bits per heavy atom. The van der Waals surface area contributed by atoms with E-state index < -0.39 is 6.09 Å². The molecule has 0 radical (unpaired) electrons. The third-order valence-corrected chi connectivity index (χ3v) is 3.12. The maximum absolute atomic E-state index is 11.4. The number of nitrogens with one attached hydrogen (secondary N) is 1. The van der Waals surface area contributed by atoms with Crippen LogP contribution in [0.2, 0.25) is 0 Å². The normalized spacial score (nSPS) is 18.0. The van der Waals surface area contributed by atoms with E-state index in [0.29, 0.717) is 39.6 Å². The van der Waals surface area contributed by atoms with Crippen LogP contribution >= 0.6 is 0 Å². The molecule has 1 atom stereocenters. The smallest absolute Gasteiger partial charge is 0.407 e. The van der Waals surface area contributed by atoms with Gasteiger partial charge in [-0.2, -0.15) is 0 Å². The second-order valence-electron chi connectivity index (χ2n) is 5.07. The van der Waals surface area contributed by atoms with Crippen LogP contribution in [-0.2, 0) is 23.7 Å². The summed E-state index contributed by atoms with van der Waals surface area (Å²) in [5, 5.41) is 11.1. The van der Waals surface area contributed by atoms with Crippen LogP contribution in [0.1, 0.15) is 19.3 Å². The number of carbonyl (C=O) groups is 1. The maximum Gasteiger partial charge on any atom is 0.407 e. The van der Waals surface area contributed by atoms with E-state index in [1.165, 1.54) is 0 Å². The summed E-state index contributed by atoms with van der Waals surface area (Å²) in [6, 6.07) is 0. The van der Waals surface area contributed by atoms with Crippen LogP contribution in [0.4, 0.5) is 4.79 Å². The van der Waals surface area contributed by atoms with E-state index >= 15 is 0 Å². The zero-order chi connectivity index (χ0) is 17.3. The van der Waals surface area contributed by atoms with Gasteiger partial charge in [-0.05, 0) is 25.3 Å². The van der Waals surface area contributed by atoms with Gasteiger partial charge in [0.15, 0.2) is 6.29 Å². The van der Waals surface area contributed by atoms with Gasteiger partial charge in [0.1, 0.15) is 6.61 Å². The number of amides is 1. The Morgan fingerprint density at radius 1 is 1.12 bits per heavy atom. The Balaban J connectivity index is 1.84. The highest BCUT2D eigenvalue weighted by atomic mass is 16.7. The van der Waals surface area contributed by atoms with Crippen LogP contribution in [0.5, 0.6) is 0 Å². The maximum atomic E-state index is 11.4. The zero-order valence-electron chi connectivity index (χ0n) is 14.1. The molecule has 0 bridgehead atoms. The summed E-state index contributed by atoms with van der Waals surface area (Å²) < 4.78 is 26.2. The molecule has 1 amide bonds. The highest BCUT2D eigenvalue weighted by Gasteiger charge is 2.12. The highest BCUT2D eigenvalue weighted by Crippen LogP contribution is 2.13. The van der Waals surface area contributed by atoms with Crippen LogP contribution < -0.4 is 5.32 Å². The Labute approximate surface area is 143 Å². The molecule has 0 spiro atoms. The number of ether oxygens (including phenoxy) is 5. The predicted molar refractivity (Wildman–Crippen MR) is 86.8 cm³/mol. The monoisotopic (exact) mass is 347 g/mol. The molecule has 0 aliphatic carbocycles. The van der Waals surface area contributed by atoms with Crippen molar-refractivity contribution in [3.8, 4) is 0 Å². The van der Waals surface area contributed by atoms with Crippen LogP contribution in [0.3, 0.4) is 0 Å². The molecule has 1 aliphatic rings. The minimum atomic E-state index is -0.490. The SMILES string of the molecule is O=C(NCCOCCOCCO)OC/C=C/COC1CCCCO1. The van der Waals surface area contributed by atoms with Gasteiger partial charge in [0, 0.05) is 13.2 Å². The van der Waals surface area contributed by atoms with Gasteiger partial charge in [-0.3, -0.25) is 0 Å². The van der Waals surface area contributed by atoms with Crippen LogP contribution in [0.15, 0.2) is 12.2 Å². The standard InChI is InChI=1S/C16H29NO7/c18-7-12-21-14-13-20-11-6-17-16(19)24-10-4-3-9-23-15-5-1-2-8-22-15/h3-4,15,18H,1-2,5-14H2,(H,17,19)/b4-3+. The van der Waals surface area contributed by atoms with Crippen molar-refractivity contribution < 1.29 is 33.6 Å². The van der Waals surface area contributed by atoms with Gasteiger partial charge in [0.05, 0.1) is 39.6 Å². The number of aliphatic hydroxyl groups is 1. The molecule has 24 heavy (non-hydrogen) atoms. The summed E-state index contributed by atoms with van der Waals surface area (Å²) in [5.74, 6) is 0. The molecule has 140 valence electrons. The lowest BCUT2D eigenvalue weighted by atomic mass is 10.2. The first kappa shape index (κ1) is 20.9. The minimum Gasteiger partial charge on any atom is -0.445 e. The van der Waals surface area contributed by atoms with Crippen molar-refractivity contribution in [1.29, 1.82) is 0 Å². The molecule has 8 heteroatoms. The number of hydrogen-bond acceptors (Lipinski definition) is 7. The third-order valence-electron chi connectivity index (χ3n) is 3.12. The van der Waals surface area contributed by atoms with E-state index in [1.54, 1.807) is 12.2 Å². The first-order chi connectivity index (χ1) is 11.8. The van der Waals surface area contributed by atoms with Gasteiger partial charge >= 0.3 is 6.09 Å². The fourth-order valence-corrected chi connectivity index (χ4v) is 1.93. The Morgan fingerprint density at radius 2 is 1.92 bits per heavy atom. The third kappa shape index (κ3) is 12.3. The van der Waals surface area contributed by atoms with Gasteiger partial charge in [0.2, 0.25) is 0 Å². The fraction of sp³-hybridized carbons (Fsp3) is 0.812. The molecule has 1 aliphatic heterocycles. The van der Waals surface area contributed by atoms with Gasteiger partial charge in [-0.1, -0.05) is 6.08 Å². The Bertz CT molecular complexity index is 332. The number of hydrogen-bond donors (Lipinski definition) is 2. The first-order valence-electron chi connectivity index (χ1n) is 8.38. The van der Waals surface area contributed by atoms with E-state index in [-0.39, 0.29) is 19.5 Å². The topological polar surface area (TPSA) is 95.5 Å². The number of carbonyl (C=O) groups excluding carboxylic acids is 1. The molecule has 1 heterocycles. The van der Waals surface area contributed by atoms with Crippen molar-refractivity contribution in [2.24, 2.45) is 0 Å². The second kappa shape index (κ2) is 15.3. The van der Waals surface area contributed by atoms with E-state index in [0.717, 1.165) is 25.9 Å². The second-order valence-corrected chi connectivity index (χ2v) is 5.07. The van der Waals surface area contributed by atoms with Crippen LogP contribution in [0, 0.1) is 0 Å². The molecule has 0 aromatic rings. The van der Waals surface area contributed by atoms with Gasteiger partial charge in [-0.25, -0.2) is 4.79 Å². The van der Waals surface area contributed by atoms with E-state index in [9.17, 15) is 4.79 Å². The lowest BCUT2D eigenvalue weighted by Gasteiger charge is -2.21. The largest absolute Gasteiger partial charge is 0.445 e. The molecule has 8 nitrogen and oxygen atoms in total. The highest BCUT2D eigenvalue weighted by molar-refractivity contribution is 5.67. The van der Waals surface area contributed by atoms with Crippen molar-refractivity contribution in [3.63, 3.8) is 0 Å². The average Bonchev–Trinajstić information content (AvgIpc) is 2.61. The number of rotatable bonds is 13. The van der Waals surface area contributed by atoms with Gasteiger partial charge in [0.25, 0.3) is 0 Å². The van der Waals surface area contributed by atoms with Crippen LogP contribution in [0.25, 0.3) is 0 Å².